The quantitative estimate of drug-likeness (QED) is 0.404. The number of esters is 1. The molecular formula is C17H14ClN3O8. The molecule has 1 atom stereocenters. The number of rotatable bonds is 7. The summed E-state index contributed by atoms with van der Waals surface area (Å²) in [6, 6.07) is 6.89. The monoisotopic (exact) mass is 423 g/mol. The predicted octanol–water partition coefficient (Wildman–Crippen LogP) is 3.35. The molecule has 0 aliphatic carbocycles. The molecule has 0 aliphatic rings. The van der Waals surface area contributed by atoms with Crippen LogP contribution in [0.25, 0.3) is 0 Å². The van der Waals surface area contributed by atoms with Crippen LogP contribution in [0.4, 0.5) is 17.1 Å². The highest BCUT2D eigenvalue weighted by atomic mass is 35.5. The van der Waals surface area contributed by atoms with Crippen LogP contribution < -0.4 is 10.1 Å². The maximum atomic E-state index is 12.3. The van der Waals surface area contributed by atoms with Crippen molar-refractivity contribution in [3.63, 3.8) is 0 Å². The Balaban J connectivity index is 2.19. The number of nitro groups is 2. The fraction of sp³-hybridized carbons (Fsp3) is 0.176. The third kappa shape index (κ3) is 5.17. The van der Waals surface area contributed by atoms with Crippen molar-refractivity contribution >= 4 is 40.5 Å². The molecule has 11 nitrogen and oxygen atoms in total. The van der Waals surface area contributed by atoms with Crippen molar-refractivity contribution < 1.29 is 28.9 Å². The van der Waals surface area contributed by atoms with Crippen molar-refractivity contribution in [1.82, 2.24) is 0 Å². The van der Waals surface area contributed by atoms with Gasteiger partial charge in [-0.25, -0.2) is 4.79 Å². The van der Waals surface area contributed by atoms with E-state index in [2.05, 4.69) is 5.32 Å². The van der Waals surface area contributed by atoms with Crippen molar-refractivity contribution in [1.29, 1.82) is 0 Å². The SMILES string of the molecule is COc1ccc([N+](=O)[O-])cc1NC(=O)[C@@H](C)OC(=O)c1cc(Cl)ccc1[N+](=O)[O-]. The second kappa shape index (κ2) is 8.97. The first-order valence-electron chi connectivity index (χ1n) is 7.92. The topological polar surface area (TPSA) is 151 Å². The average Bonchev–Trinajstić information content (AvgIpc) is 2.67. The summed E-state index contributed by atoms with van der Waals surface area (Å²) in [5.41, 5.74) is -1.26. The second-order valence-corrected chi connectivity index (χ2v) is 6.03. The number of nitrogens with one attached hydrogen (secondary N) is 1. The van der Waals surface area contributed by atoms with Gasteiger partial charge in [0.2, 0.25) is 0 Å². The summed E-state index contributed by atoms with van der Waals surface area (Å²) in [6.07, 6.45) is -1.38. The van der Waals surface area contributed by atoms with E-state index >= 15 is 0 Å². The first-order valence-corrected chi connectivity index (χ1v) is 8.30. The summed E-state index contributed by atoms with van der Waals surface area (Å²) in [5, 5.41) is 24.4. The minimum absolute atomic E-state index is 0.0108. The van der Waals surface area contributed by atoms with Crippen LogP contribution in [-0.2, 0) is 9.53 Å². The first kappa shape index (κ1) is 21.6. The standard InChI is InChI=1S/C17H14ClN3O8/c1-9(29-17(23)12-7-10(18)3-5-14(12)21(26)27)16(22)19-13-8-11(20(24)25)4-6-15(13)28-2/h3-9H,1-2H3,(H,19,22)/t9-/m1/s1. The number of anilines is 1. The van der Waals surface area contributed by atoms with Crippen LogP contribution in [0.15, 0.2) is 36.4 Å². The van der Waals surface area contributed by atoms with Crippen LogP contribution in [0.3, 0.4) is 0 Å². The van der Waals surface area contributed by atoms with E-state index in [9.17, 15) is 29.8 Å². The van der Waals surface area contributed by atoms with Gasteiger partial charge in [-0.15, -0.1) is 0 Å². The molecule has 2 rings (SSSR count). The highest BCUT2D eigenvalue weighted by molar-refractivity contribution is 6.31. The summed E-state index contributed by atoms with van der Waals surface area (Å²) in [4.78, 5) is 45.1. The maximum absolute atomic E-state index is 12.3. The Hall–Kier alpha value is -3.73. The third-order valence-corrected chi connectivity index (χ3v) is 3.92. The van der Waals surface area contributed by atoms with Crippen LogP contribution in [0.1, 0.15) is 17.3 Å². The van der Waals surface area contributed by atoms with E-state index in [-0.39, 0.29) is 22.1 Å². The van der Waals surface area contributed by atoms with Crippen LogP contribution in [0.5, 0.6) is 5.75 Å². The molecule has 0 saturated carbocycles. The van der Waals surface area contributed by atoms with Crippen molar-refractivity contribution in [2.45, 2.75) is 13.0 Å². The van der Waals surface area contributed by atoms with E-state index in [1.807, 2.05) is 0 Å². The van der Waals surface area contributed by atoms with Crippen molar-refractivity contribution in [3.8, 4) is 5.75 Å². The lowest BCUT2D eigenvalue weighted by molar-refractivity contribution is -0.385. The number of nitrogens with zero attached hydrogens (tertiary/aromatic N) is 2. The van der Waals surface area contributed by atoms with E-state index < -0.39 is 39.1 Å². The van der Waals surface area contributed by atoms with Crippen molar-refractivity contribution in [2.24, 2.45) is 0 Å². The summed E-state index contributed by atoms with van der Waals surface area (Å²) in [6.45, 7) is 1.23. The normalized spacial score (nSPS) is 11.3. The number of amides is 1. The van der Waals surface area contributed by atoms with Gasteiger partial charge in [-0.3, -0.25) is 25.0 Å². The molecule has 2 aromatic rings. The number of hydrogen-bond acceptors (Lipinski definition) is 8. The second-order valence-electron chi connectivity index (χ2n) is 5.60. The highest BCUT2D eigenvalue weighted by Gasteiger charge is 2.26. The summed E-state index contributed by atoms with van der Waals surface area (Å²) in [7, 11) is 1.30. The van der Waals surface area contributed by atoms with Gasteiger partial charge in [0.1, 0.15) is 11.3 Å². The molecule has 0 fully saturated rings. The summed E-state index contributed by atoms with van der Waals surface area (Å²) in [5.74, 6) is -1.82. The molecule has 0 aromatic heterocycles. The lowest BCUT2D eigenvalue weighted by Gasteiger charge is -2.15. The number of carbonyl (C=O) groups excluding carboxylic acids is 2. The lowest BCUT2D eigenvalue weighted by Crippen LogP contribution is -2.30. The zero-order valence-corrected chi connectivity index (χ0v) is 15.8. The Bertz CT molecular complexity index is 995. The van der Waals surface area contributed by atoms with Gasteiger partial charge in [-0.2, -0.15) is 0 Å². The largest absolute Gasteiger partial charge is 0.495 e. The van der Waals surface area contributed by atoms with Crippen LogP contribution in [0.2, 0.25) is 5.02 Å². The molecule has 1 amide bonds. The Morgan fingerprint density at radius 1 is 1.10 bits per heavy atom. The number of halogens is 1. The predicted molar refractivity (Wildman–Crippen MR) is 101 cm³/mol. The van der Waals surface area contributed by atoms with Crippen LogP contribution in [0, 0.1) is 20.2 Å². The number of ether oxygens (including phenoxy) is 2. The lowest BCUT2D eigenvalue weighted by atomic mass is 10.2. The van der Waals surface area contributed by atoms with E-state index in [4.69, 9.17) is 21.1 Å². The molecule has 29 heavy (non-hydrogen) atoms. The number of carbonyl (C=O) groups is 2. The number of non-ortho nitro benzene ring substituents is 1. The molecule has 0 spiro atoms. The molecule has 0 unspecified atom stereocenters. The van der Waals surface area contributed by atoms with Crippen molar-refractivity contribution in [2.75, 3.05) is 12.4 Å². The molecular weight excluding hydrogens is 410 g/mol. The van der Waals surface area contributed by atoms with Gasteiger partial charge in [-0.1, -0.05) is 11.6 Å². The van der Waals surface area contributed by atoms with Gasteiger partial charge in [0.05, 0.1) is 22.6 Å². The Labute approximate surface area is 168 Å². The van der Waals surface area contributed by atoms with E-state index in [0.29, 0.717) is 0 Å². The van der Waals surface area contributed by atoms with E-state index in [0.717, 1.165) is 18.2 Å². The third-order valence-electron chi connectivity index (χ3n) is 3.68. The van der Waals surface area contributed by atoms with Crippen molar-refractivity contribution in [3.05, 3.63) is 67.2 Å². The van der Waals surface area contributed by atoms with Gasteiger partial charge < -0.3 is 14.8 Å². The van der Waals surface area contributed by atoms with E-state index in [1.54, 1.807) is 0 Å². The van der Waals surface area contributed by atoms with Crippen LogP contribution in [-0.4, -0.2) is 34.9 Å². The fourth-order valence-corrected chi connectivity index (χ4v) is 2.42. The van der Waals surface area contributed by atoms with Gasteiger partial charge in [0.15, 0.2) is 6.10 Å². The first-order chi connectivity index (χ1) is 13.6. The van der Waals surface area contributed by atoms with Gasteiger partial charge in [-0.05, 0) is 25.1 Å². The van der Waals surface area contributed by atoms with Crippen LogP contribution >= 0.6 is 11.6 Å². The molecule has 0 aliphatic heterocycles. The molecule has 1 N–H and O–H groups in total. The summed E-state index contributed by atoms with van der Waals surface area (Å²) >= 11 is 5.77. The molecule has 152 valence electrons. The molecule has 0 heterocycles. The number of nitro benzene ring substituents is 2. The van der Waals surface area contributed by atoms with E-state index in [1.165, 1.54) is 32.2 Å². The van der Waals surface area contributed by atoms with Gasteiger partial charge in [0.25, 0.3) is 17.3 Å². The number of benzene rings is 2. The summed E-state index contributed by atoms with van der Waals surface area (Å²) < 4.78 is 10.0. The molecule has 0 saturated heterocycles. The zero-order chi connectivity index (χ0) is 21.7. The highest BCUT2D eigenvalue weighted by Crippen LogP contribution is 2.29. The van der Waals surface area contributed by atoms with Gasteiger partial charge in [0, 0.05) is 23.2 Å². The minimum Gasteiger partial charge on any atom is -0.495 e. The smallest absolute Gasteiger partial charge is 0.345 e. The Morgan fingerprint density at radius 3 is 2.38 bits per heavy atom. The maximum Gasteiger partial charge on any atom is 0.345 e. The number of hydrogen-bond donors (Lipinski definition) is 1. The molecule has 0 bridgehead atoms. The zero-order valence-electron chi connectivity index (χ0n) is 15.1. The average molecular weight is 424 g/mol. The molecule has 12 heteroatoms. The fourth-order valence-electron chi connectivity index (χ4n) is 2.25. The Morgan fingerprint density at radius 2 is 1.79 bits per heavy atom. The molecule has 2 aromatic carbocycles. The Kier molecular flexibility index (Phi) is 6.67. The van der Waals surface area contributed by atoms with Gasteiger partial charge >= 0.3 is 5.97 Å². The minimum atomic E-state index is -1.38. The number of methoxy groups -OCH3 is 1. The molecule has 0 radical (unpaired) electrons.